The molecule has 0 aliphatic carbocycles. The summed E-state index contributed by atoms with van der Waals surface area (Å²) in [4.78, 5) is 139. The molecule has 4 aromatic carbocycles. The summed E-state index contributed by atoms with van der Waals surface area (Å²) in [7, 11) is 0. The maximum Gasteiger partial charge on any atom is 0.255 e. The van der Waals surface area contributed by atoms with Crippen molar-refractivity contribution in [1.82, 2.24) is 50.5 Å². The van der Waals surface area contributed by atoms with Gasteiger partial charge in [0.05, 0.1) is 84.7 Å². The zero-order valence-corrected chi connectivity index (χ0v) is 64.9. The largest absolute Gasteiger partial charge is 0.391 e. The molecule has 11 rings (SSSR count). The maximum atomic E-state index is 13.8. The molecule has 25 heteroatoms. The maximum absolute atomic E-state index is 13.8. The van der Waals surface area contributed by atoms with Crippen LogP contribution in [-0.2, 0) is 57.7 Å². The fraction of sp³-hybridized carbons (Fsp3) is 0.475. The SMILES string of the molecule is CC(=O)N[C@H](C(=O)N1C[C@H](O)C[C@H]1C(=O)CCc1ccc(-c2scnc2C)cc1)C(C)(C)C.CC(=O)N[C@H](C(=O)N1C[C@H](O)C[C@H]1C(=O)N[C@@H](C)c1ccc(-c2scnc2C)cc1)C(C)(C)C.Cc1ncsc1-c1ccc(CCC(=O)[C@@H]2C[C@@H](O)CN2C(=O)[C@H](C(C)C)N2Cc3ccccc3C2=O)cc1. The van der Waals surface area contributed by atoms with E-state index in [0.29, 0.717) is 24.9 Å². The Morgan fingerprint density at radius 1 is 0.514 bits per heavy atom. The second-order valence-corrected chi connectivity index (χ2v) is 33.0. The molecule has 7 amide bonds. The second kappa shape index (κ2) is 34.7. The second-order valence-electron chi connectivity index (χ2n) is 30.4. The van der Waals surface area contributed by atoms with E-state index in [1.54, 1.807) is 45.0 Å². The third-order valence-electron chi connectivity index (χ3n) is 19.7. The minimum atomic E-state index is -0.803. The van der Waals surface area contributed by atoms with Gasteiger partial charge in [-0.05, 0) is 102 Å². The lowest BCUT2D eigenvalue weighted by Crippen LogP contribution is -2.57. The first kappa shape index (κ1) is 80.4. The molecule has 6 N–H and O–H groups in total. The fourth-order valence-electron chi connectivity index (χ4n) is 14.1. The molecule has 0 saturated carbocycles. The van der Waals surface area contributed by atoms with E-state index >= 15 is 0 Å². The highest BCUT2D eigenvalue weighted by molar-refractivity contribution is 7.14. The number of carbonyl (C=O) groups is 9. The minimum absolute atomic E-state index is 0.0559. The standard InChI is InChI=1S/C30H33N3O4S.C25H34N4O4S.C25H33N3O4S/c1-18(2)27(33-15-22-6-4-5-7-24(22)29(33)36)30(37)32-16-23(34)14-25(32)26(35)13-10-20-8-11-21(12-9-20)28-19(3)31-17-38-28;1-14(17-7-9-18(10-8-17)21-15(2)26-13-34-21)27-23(32)20-11-19(31)12-29(20)24(33)22(25(4,5)6)28-16(3)30;1-15-22(33-14-26-15)18-9-6-17(7-10-18)8-11-21(31)20-12-19(30)13-28(20)24(32)23(25(3,4)5)27-16(2)29/h4-9,11-12,17-18,23,25,27,34H,10,13-16H2,1-3H3;7-10,13-14,19-20,22,31H,11-12H2,1-6H3,(H,27,32)(H,28,30);6-7,9-10,14,19-20,23,30H,8,11-13H2,1-5H3,(H,27,29)/t23-,25+,27+;14-,19+,20-,22+;19-,20+,23-/m101/s1. The molecular weight excluding hydrogens is 1390 g/mol. The van der Waals surface area contributed by atoms with E-state index in [1.165, 1.54) is 28.5 Å². The predicted octanol–water partition coefficient (Wildman–Crippen LogP) is 10.2. The topological polar surface area (TPSA) is 302 Å². The molecule has 4 aliphatic heterocycles. The molecule has 3 aromatic heterocycles. The van der Waals surface area contributed by atoms with Crippen LogP contribution in [0.4, 0.5) is 0 Å². The summed E-state index contributed by atoms with van der Waals surface area (Å²) in [5, 5.41) is 39.4. The number of aromatic nitrogens is 3. The highest BCUT2D eigenvalue weighted by atomic mass is 32.1. The minimum Gasteiger partial charge on any atom is -0.391 e. The molecule has 0 unspecified atom stereocenters. The molecule has 0 bridgehead atoms. The Hall–Kier alpha value is -8.72. The summed E-state index contributed by atoms with van der Waals surface area (Å²) < 4.78 is 0. The number of rotatable bonds is 21. The quantitative estimate of drug-likeness (QED) is 0.0390. The number of nitrogens with one attached hydrogen (secondary N) is 3. The summed E-state index contributed by atoms with van der Waals surface area (Å²) in [5.74, 6) is -2.33. The van der Waals surface area contributed by atoms with Crippen molar-refractivity contribution in [2.75, 3.05) is 19.6 Å². The smallest absolute Gasteiger partial charge is 0.255 e. The Bertz CT molecular complexity index is 4250. The number of aliphatic hydroxyl groups is 3. The lowest BCUT2D eigenvalue weighted by atomic mass is 9.85. The van der Waals surface area contributed by atoms with Crippen LogP contribution in [0.25, 0.3) is 31.3 Å². The van der Waals surface area contributed by atoms with E-state index in [2.05, 4.69) is 30.9 Å². The van der Waals surface area contributed by atoms with E-state index < -0.39 is 65.4 Å². The zero-order chi connectivity index (χ0) is 76.5. The van der Waals surface area contributed by atoms with Gasteiger partial charge in [0.25, 0.3) is 5.91 Å². The van der Waals surface area contributed by atoms with Crippen molar-refractivity contribution in [3.8, 4) is 31.3 Å². The number of aryl methyl sites for hydroxylation is 5. The summed E-state index contributed by atoms with van der Waals surface area (Å²) >= 11 is 4.79. The van der Waals surface area contributed by atoms with Crippen LogP contribution in [-0.4, -0.2) is 177 Å². The number of hydrogen-bond donors (Lipinski definition) is 6. The molecule has 0 radical (unpaired) electrons. The van der Waals surface area contributed by atoms with Gasteiger partial charge in [-0.3, -0.25) is 43.2 Å². The molecular formula is C80H100N10O12S3. The number of ketones is 2. The number of hydrogen-bond acceptors (Lipinski definition) is 18. The van der Waals surface area contributed by atoms with Crippen LogP contribution in [0.3, 0.4) is 0 Å². The number of likely N-dealkylation sites (tertiary alicyclic amines) is 3. The van der Waals surface area contributed by atoms with E-state index in [1.807, 2.05) is 191 Å². The van der Waals surface area contributed by atoms with Gasteiger partial charge in [0.15, 0.2) is 11.6 Å². The third-order valence-corrected chi connectivity index (χ3v) is 22.7. The van der Waals surface area contributed by atoms with E-state index in [0.717, 1.165) is 70.7 Å². The summed E-state index contributed by atoms with van der Waals surface area (Å²) in [5.41, 5.74) is 15.2. The van der Waals surface area contributed by atoms with E-state index in [-0.39, 0.29) is 117 Å². The number of benzene rings is 4. The predicted molar refractivity (Wildman–Crippen MR) is 408 cm³/mol. The molecule has 7 heterocycles. The van der Waals surface area contributed by atoms with Crippen molar-refractivity contribution >= 4 is 86.9 Å². The number of aliphatic hydroxyl groups excluding tert-OH is 3. The Morgan fingerprint density at radius 2 is 0.886 bits per heavy atom. The lowest BCUT2D eigenvalue weighted by molar-refractivity contribution is -0.144. The molecule has 10 atom stereocenters. The van der Waals surface area contributed by atoms with Crippen molar-refractivity contribution in [3.63, 3.8) is 0 Å². The number of fused-ring (bicyclic) bond motifs is 1. The van der Waals surface area contributed by atoms with E-state index in [4.69, 9.17) is 0 Å². The number of carbonyl (C=O) groups excluding carboxylic acids is 9. The number of amides is 7. The summed E-state index contributed by atoms with van der Waals surface area (Å²) in [6, 6.07) is 26.9. The van der Waals surface area contributed by atoms with Gasteiger partial charge < -0.3 is 50.9 Å². The molecule has 3 fully saturated rings. The molecule has 7 aromatic rings. The van der Waals surface area contributed by atoms with Crippen molar-refractivity contribution in [2.45, 2.75) is 209 Å². The number of thiazole rings is 3. The van der Waals surface area contributed by atoms with Crippen molar-refractivity contribution < 1.29 is 58.5 Å². The molecule has 0 spiro atoms. The van der Waals surface area contributed by atoms with Crippen LogP contribution >= 0.6 is 34.0 Å². The van der Waals surface area contributed by atoms with Gasteiger partial charge in [-0.1, -0.05) is 146 Å². The third kappa shape index (κ3) is 19.9. The van der Waals surface area contributed by atoms with Crippen molar-refractivity contribution in [3.05, 3.63) is 158 Å². The average molecular weight is 1490 g/mol. The Kier molecular flexibility index (Phi) is 26.5. The highest BCUT2D eigenvalue weighted by Gasteiger charge is 2.48. The Balaban J connectivity index is 0.000000183. The molecule has 3 saturated heterocycles. The summed E-state index contributed by atoms with van der Waals surface area (Å²) in [6.07, 6.45) is -0.0108. The van der Waals surface area contributed by atoms with Crippen LogP contribution in [0.1, 0.15) is 164 Å². The molecule has 22 nitrogen and oxygen atoms in total. The molecule has 105 heavy (non-hydrogen) atoms. The van der Waals surface area contributed by atoms with Crippen LogP contribution in [0, 0.1) is 37.5 Å². The van der Waals surface area contributed by atoms with Gasteiger partial charge in [-0.15, -0.1) is 34.0 Å². The average Bonchev–Trinajstić information content (AvgIpc) is 1.62. The normalized spacial score (nSPS) is 19.7. The van der Waals surface area contributed by atoms with Gasteiger partial charge in [0, 0.05) is 77.7 Å². The zero-order valence-electron chi connectivity index (χ0n) is 62.5. The lowest BCUT2D eigenvalue weighted by Gasteiger charge is -2.35. The monoisotopic (exact) mass is 1490 g/mol. The van der Waals surface area contributed by atoms with Crippen LogP contribution < -0.4 is 16.0 Å². The first-order valence-corrected chi connectivity index (χ1v) is 38.5. The van der Waals surface area contributed by atoms with Gasteiger partial charge in [0.1, 0.15) is 24.2 Å². The summed E-state index contributed by atoms with van der Waals surface area (Å²) in [6.45, 7) is 26.2. The first-order chi connectivity index (χ1) is 49.6. The molecule has 4 aliphatic rings. The highest BCUT2D eigenvalue weighted by Crippen LogP contribution is 2.35. The van der Waals surface area contributed by atoms with Gasteiger partial charge >= 0.3 is 0 Å². The van der Waals surface area contributed by atoms with E-state index in [9.17, 15) is 58.5 Å². The van der Waals surface area contributed by atoms with Crippen molar-refractivity contribution in [2.24, 2.45) is 16.7 Å². The Labute approximate surface area is 627 Å². The number of β-amino-alcohol motifs (C(OH)–C–C–N with tert-alkyl or cyclic N) is 3. The van der Waals surface area contributed by atoms with Crippen LogP contribution in [0.5, 0.6) is 0 Å². The van der Waals surface area contributed by atoms with Crippen molar-refractivity contribution in [1.29, 1.82) is 0 Å². The molecule has 560 valence electrons. The Morgan fingerprint density at radius 3 is 1.25 bits per heavy atom. The number of Topliss-reactive ketones (excluding diaryl/α,β-unsaturated/α-hetero) is 2. The fourth-order valence-corrected chi connectivity index (χ4v) is 16.5. The van der Waals surface area contributed by atoms with Gasteiger partial charge in [0.2, 0.25) is 35.4 Å². The van der Waals surface area contributed by atoms with Crippen LogP contribution in [0.2, 0.25) is 0 Å². The van der Waals surface area contributed by atoms with Gasteiger partial charge in [-0.2, -0.15) is 0 Å². The van der Waals surface area contributed by atoms with Crippen LogP contribution in [0.15, 0.2) is 114 Å². The first-order valence-electron chi connectivity index (χ1n) is 35.8. The van der Waals surface area contributed by atoms with Gasteiger partial charge in [-0.25, -0.2) is 15.0 Å². The number of nitrogens with zero attached hydrogens (tertiary/aromatic N) is 7.